The zero-order valence-corrected chi connectivity index (χ0v) is 8.08. The Morgan fingerprint density at radius 2 is 2.36 bits per heavy atom. The molecule has 0 unspecified atom stereocenters. The van der Waals surface area contributed by atoms with Crippen LogP contribution in [0.2, 0.25) is 0 Å². The van der Waals surface area contributed by atoms with Gasteiger partial charge in [0.05, 0.1) is 12.1 Å². The summed E-state index contributed by atoms with van der Waals surface area (Å²) < 4.78 is 0. The minimum atomic E-state index is 0.133. The topological polar surface area (TPSA) is 46.3 Å². The molecule has 0 atom stereocenters. The quantitative estimate of drug-likeness (QED) is 0.616. The second kappa shape index (κ2) is 3.29. The molecule has 0 aromatic heterocycles. The van der Waals surface area contributed by atoms with Gasteiger partial charge >= 0.3 is 0 Å². The molecule has 2 rings (SSSR count). The van der Waals surface area contributed by atoms with E-state index in [0.717, 1.165) is 16.8 Å². The normalized spacial score (nSPS) is 20.0. The van der Waals surface area contributed by atoms with Gasteiger partial charge in [-0.2, -0.15) is 0 Å². The Balaban J connectivity index is 2.41. The molecule has 0 radical (unpaired) electrons. The molecule has 0 aromatic rings. The molecule has 2 N–H and O–H groups in total. The Morgan fingerprint density at radius 3 is 3.07 bits per heavy atom. The van der Waals surface area contributed by atoms with Gasteiger partial charge in [-0.1, -0.05) is 6.08 Å². The highest BCUT2D eigenvalue weighted by molar-refractivity contribution is 5.86. The van der Waals surface area contributed by atoms with Gasteiger partial charge in [0.15, 0.2) is 0 Å². The lowest BCUT2D eigenvalue weighted by molar-refractivity contribution is -0.125. The summed E-state index contributed by atoms with van der Waals surface area (Å²) in [7, 11) is 1.78. The molecule has 0 aromatic carbocycles. The molecule has 1 amide bonds. The molecule has 1 aliphatic heterocycles. The fourth-order valence-electron chi connectivity index (χ4n) is 1.59. The molecule has 0 spiro atoms. The lowest BCUT2D eigenvalue weighted by atomic mass is 10.1. The standard InChI is InChI=1S/C11H12N2O/c1-13-10-5-3-8(7-12)2-4-9(10)6-11(13)14/h2,4-5H,6-7,12H2,1H3. The summed E-state index contributed by atoms with van der Waals surface area (Å²) in [5, 5.41) is 0. The van der Waals surface area contributed by atoms with Gasteiger partial charge in [-0.15, -0.1) is 5.73 Å². The van der Waals surface area contributed by atoms with Crippen LogP contribution in [-0.4, -0.2) is 24.4 Å². The number of hydrogen-bond acceptors (Lipinski definition) is 2. The summed E-state index contributed by atoms with van der Waals surface area (Å²) in [6.07, 6.45) is 6.20. The van der Waals surface area contributed by atoms with Crippen molar-refractivity contribution in [1.82, 2.24) is 4.90 Å². The highest BCUT2D eigenvalue weighted by Gasteiger charge is 2.24. The molecule has 3 nitrogen and oxygen atoms in total. The third-order valence-electron chi connectivity index (χ3n) is 2.51. The largest absolute Gasteiger partial charge is 0.326 e. The number of nitrogens with two attached hydrogens (primary N) is 1. The van der Waals surface area contributed by atoms with Gasteiger partial charge in [0.25, 0.3) is 0 Å². The molecule has 2 aliphatic rings. The minimum Gasteiger partial charge on any atom is -0.326 e. The van der Waals surface area contributed by atoms with Crippen LogP contribution in [0.5, 0.6) is 0 Å². The highest BCUT2D eigenvalue weighted by Crippen LogP contribution is 2.26. The number of nitrogens with zero attached hydrogens (tertiary/aromatic N) is 1. The number of hydrogen-bond donors (Lipinski definition) is 1. The van der Waals surface area contributed by atoms with Crippen LogP contribution in [0.15, 0.2) is 40.8 Å². The third kappa shape index (κ3) is 1.33. The van der Waals surface area contributed by atoms with Crippen molar-refractivity contribution in [2.24, 2.45) is 5.73 Å². The zero-order chi connectivity index (χ0) is 10.1. The average Bonchev–Trinajstić information content (AvgIpc) is 2.40. The first-order valence-corrected chi connectivity index (χ1v) is 4.56. The van der Waals surface area contributed by atoms with E-state index in [1.54, 1.807) is 11.9 Å². The molecule has 72 valence electrons. The summed E-state index contributed by atoms with van der Waals surface area (Å²) in [6, 6.07) is 0. The van der Waals surface area contributed by atoms with E-state index in [2.05, 4.69) is 5.73 Å². The Labute approximate surface area is 82.9 Å². The fourth-order valence-corrected chi connectivity index (χ4v) is 1.59. The van der Waals surface area contributed by atoms with Crippen molar-refractivity contribution in [3.63, 3.8) is 0 Å². The number of carbonyl (C=O) groups is 1. The van der Waals surface area contributed by atoms with Crippen LogP contribution < -0.4 is 5.73 Å². The predicted molar refractivity (Wildman–Crippen MR) is 54.2 cm³/mol. The van der Waals surface area contributed by atoms with Crippen LogP contribution >= 0.6 is 0 Å². The molecule has 0 fully saturated rings. The molecule has 14 heavy (non-hydrogen) atoms. The van der Waals surface area contributed by atoms with E-state index in [1.807, 2.05) is 18.2 Å². The Morgan fingerprint density at radius 1 is 1.57 bits per heavy atom. The van der Waals surface area contributed by atoms with Crippen molar-refractivity contribution in [3.8, 4) is 0 Å². The maximum absolute atomic E-state index is 11.4. The van der Waals surface area contributed by atoms with Gasteiger partial charge in [0.1, 0.15) is 0 Å². The first kappa shape index (κ1) is 9.00. The van der Waals surface area contributed by atoms with Crippen LogP contribution in [0.4, 0.5) is 0 Å². The summed E-state index contributed by atoms with van der Waals surface area (Å²) in [6.45, 7) is 0.477. The molecule has 1 aliphatic carbocycles. The summed E-state index contributed by atoms with van der Waals surface area (Å²) in [5.41, 5.74) is 11.5. The van der Waals surface area contributed by atoms with E-state index in [-0.39, 0.29) is 5.91 Å². The zero-order valence-electron chi connectivity index (χ0n) is 8.08. The van der Waals surface area contributed by atoms with E-state index in [9.17, 15) is 4.79 Å². The molecule has 0 bridgehead atoms. The average molecular weight is 188 g/mol. The van der Waals surface area contributed by atoms with Gasteiger partial charge in [-0.25, -0.2) is 0 Å². The maximum atomic E-state index is 11.4. The van der Waals surface area contributed by atoms with E-state index in [0.29, 0.717) is 13.0 Å². The number of rotatable bonds is 1. The SMILES string of the molecule is CN1C(=O)CC2=C1C=C=C(CN)C=C2. The van der Waals surface area contributed by atoms with E-state index >= 15 is 0 Å². The second-order valence-corrected chi connectivity index (χ2v) is 3.39. The van der Waals surface area contributed by atoms with Gasteiger partial charge in [0.2, 0.25) is 5.91 Å². The third-order valence-corrected chi connectivity index (χ3v) is 2.51. The number of likely N-dealkylation sites (N-methyl/N-ethyl adjacent to an activating group) is 1. The van der Waals surface area contributed by atoms with Gasteiger partial charge in [0, 0.05) is 25.2 Å². The van der Waals surface area contributed by atoms with Crippen LogP contribution in [0.25, 0.3) is 0 Å². The summed E-state index contributed by atoms with van der Waals surface area (Å²) in [5.74, 6) is 0.133. The molecule has 1 heterocycles. The number of carbonyl (C=O) groups excluding carboxylic acids is 1. The lowest BCUT2D eigenvalue weighted by Gasteiger charge is -2.09. The van der Waals surface area contributed by atoms with E-state index in [1.165, 1.54) is 0 Å². The summed E-state index contributed by atoms with van der Waals surface area (Å²) in [4.78, 5) is 13.0. The first-order chi connectivity index (χ1) is 6.72. The maximum Gasteiger partial charge on any atom is 0.231 e. The van der Waals surface area contributed by atoms with Crippen LogP contribution in [0, 0.1) is 0 Å². The van der Waals surface area contributed by atoms with Gasteiger partial charge in [-0.3, -0.25) is 4.79 Å². The Hall–Kier alpha value is -1.57. The highest BCUT2D eigenvalue weighted by atomic mass is 16.2. The molecular formula is C11H12N2O. The second-order valence-electron chi connectivity index (χ2n) is 3.39. The van der Waals surface area contributed by atoms with Crippen molar-refractivity contribution in [1.29, 1.82) is 0 Å². The van der Waals surface area contributed by atoms with Gasteiger partial charge < -0.3 is 10.6 Å². The predicted octanol–water partition coefficient (Wildman–Crippen LogP) is 0.713. The van der Waals surface area contributed by atoms with E-state index in [4.69, 9.17) is 5.73 Å². The van der Waals surface area contributed by atoms with Crippen molar-refractivity contribution < 1.29 is 4.79 Å². The van der Waals surface area contributed by atoms with Crippen molar-refractivity contribution in [2.75, 3.05) is 13.6 Å². The Bertz CT molecular complexity index is 409. The smallest absolute Gasteiger partial charge is 0.231 e. The first-order valence-electron chi connectivity index (χ1n) is 4.56. The van der Waals surface area contributed by atoms with Crippen molar-refractivity contribution >= 4 is 5.91 Å². The number of allylic oxidation sites excluding steroid dienone is 2. The molecule has 0 saturated carbocycles. The van der Waals surface area contributed by atoms with Crippen LogP contribution in [0.1, 0.15) is 6.42 Å². The van der Waals surface area contributed by atoms with Gasteiger partial charge in [-0.05, 0) is 11.6 Å². The monoisotopic (exact) mass is 188 g/mol. The molecule has 3 heteroatoms. The van der Waals surface area contributed by atoms with E-state index < -0.39 is 0 Å². The van der Waals surface area contributed by atoms with Crippen molar-refractivity contribution in [2.45, 2.75) is 6.42 Å². The summed E-state index contributed by atoms with van der Waals surface area (Å²) >= 11 is 0. The van der Waals surface area contributed by atoms with Crippen molar-refractivity contribution in [3.05, 3.63) is 40.8 Å². The fraction of sp³-hybridized carbons (Fsp3) is 0.273. The number of amides is 1. The molecular weight excluding hydrogens is 176 g/mol. The Kier molecular flexibility index (Phi) is 2.12. The molecule has 0 saturated heterocycles. The van der Waals surface area contributed by atoms with Crippen LogP contribution in [-0.2, 0) is 4.79 Å². The minimum absolute atomic E-state index is 0.133. The van der Waals surface area contributed by atoms with Crippen LogP contribution in [0.3, 0.4) is 0 Å². The lowest BCUT2D eigenvalue weighted by Crippen LogP contribution is -2.18.